The van der Waals surface area contributed by atoms with Gasteiger partial charge >= 0.3 is 6.03 Å². The van der Waals surface area contributed by atoms with Crippen molar-refractivity contribution >= 4 is 17.4 Å². The lowest BCUT2D eigenvalue weighted by atomic mass is 10.0. The quantitative estimate of drug-likeness (QED) is 0.754. The van der Waals surface area contributed by atoms with Crippen molar-refractivity contribution < 1.29 is 9.18 Å². The van der Waals surface area contributed by atoms with E-state index in [1.807, 2.05) is 0 Å². The molecule has 1 aromatic carbocycles. The van der Waals surface area contributed by atoms with Gasteiger partial charge in [-0.3, -0.25) is 0 Å². The number of nitrogen functional groups attached to an aromatic ring is 1. The summed E-state index contributed by atoms with van der Waals surface area (Å²) in [4.78, 5) is 13.8. The van der Waals surface area contributed by atoms with Gasteiger partial charge in [-0.15, -0.1) is 0 Å². The van der Waals surface area contributed by atoms with Crippen LogP contribution in [0.4, 0.5) is 20.6 Å². The van der Waals surface area contributed by atoms with E-state index in [0.29, 0.717) is 17.3 Å². The van der Waals surface area contributed by atoms with Gasteiger partial charge in [-0.05, 0) is 37.0 Å². The molecule has 1 heterocycles. The molecular formula is C13H18FN3O. The zero-order valence-corrected chi connectivity index (χ0v) is 10.4. The summed E-state index contributed by atoms with van der Waals surface area (Å²) in [6, 6.07) is 3.75. The number of hydrogen-bond donors (Lipinski definition) is 2. The zero-order chi connectivity index (χ0) is 13.1. The highest BCUT2D eigenvalue weighted by molar-refractivity contribution is 5.92. The molecule has 1 aromatic rings. The van der Waals surface area contributed by atoms with Gasteiger partial charge in [0.25, 0.3) is 0 Å². The summed E-state index contributed by atoms with van der Waals surface area (Å²) < 4.78 is 13.1. The molecule has 4 nitrogen and oxygen atoms in total. The molecule has 18 heavy (non-hydrogen) atoms. The van der Waals surface area contributed by atoms with Gasteiger partial charge in [-0.25, -0.2) is 9.18 Å². The van der Waals surface area contributed by atoms with Crippen LogP contribution in [0.25, 0.3) is 0 Å². The van der Waals surface area contributed by atoms with Crippen LogP contribution in [-0.2, 0) is 0 Å². The highest BCUT2D eigenvalue weighted by Crippen LogP contribution is 2.21. The number of nitrogens with two attached hydrogens (primary N) is 1. The molecule has 0 radical (unpaired) electrons. The maximum atomic E-state index is 13.1. The largest absolute Gasteiger partial charge is 0.397 e. The van der Waals surface area contributed by atoms with Gasteiger partial charge in [-0.1, -0.05) is 6.92 Å². The molecule has 2 rings (SSSR count). The fourth-order valence-electron chi connectivity index (χ4n) is 2.20. The van der Waals surface area contributed by atoms with E-state index in [-0.39, 0.29) is 6.03 Å². The van der Waals surface area contributed by atoms with Crippen molar-refractivity contribution in [3.05, 3.63) is 24.0 Å². The summed E-state index contributed by atoms with van der Waals surface area (Å²) in [6.07, 6.45) is 2.15. The van der Waals surface area contributed by atoms with Crippen LogP contribution in [0.5, 0.6) is 0 Å². The average Bonchev–Trinajstić information content (AvgIpc) is 2.34. The molecule has 1 unspecified atom stereocenters. The van der Waals surface area contributed by atoms with Crippen LogP contribution >= 0.6 is 0 Å². The molecule has 0 saturated carbocycles. The molecule has 0 bridgehead atoms. The van der Waals surface area contributed by atoms with Crippen LogP contribution in [0.15, 0.2) is 18.2 Å². The third-order valence-electron chi connectivity index (χ3n) is 3.20. The predicted octanol–water partition coefficient (Wildman–Crippen LogP) is 2.67. The van der Waals surface area contributed by atoms with Crippen molar-refractivity contribution in [2.45, 2.75) is 19.8 Å². The van der Waals surface area contributed by atoms with Crippen LogP contribution < -0.4 is 11.1 Å². The van der Waals surface area contributed by atoms with Crippen LogP contribution in [0.3, 0.4) is 0 Å². The molecule has 0 aliphatic carbocycles. The molecular weight excluding hydrogens is 233 g/mol. The van der Waals surface area contributed by atoms with Gasteiger partial charge in [0.1, 0.15) is 5.82 Å². The normalized spacial score (nSPS) is 19.7. The molecule has 0 spiro atoms. The lowest BCUT2D eigenvalue weighted by molar-refractivity contribution is 0.182. The number of piperidine rings is 1. The fourth-order valence-corrected chi connectivity index (χ4v) is 2.20. The lowest BCUT2D eigenvalue weighted by Gasteiger charge is -2.31. The Morgan fingerprint density at radius 1 is 1.56 bits per heavy atom. The van der Waals surface area contributed by atoms with E-state index < -0.39 is 5.82 Å². The minimum absolute atomic E-state index is 0.209. The Bertz CT molecular complexity index is 450. The summed E-state index contributed by atoms with van der Waals surface area (Å²) >= 11 is 0. The molecule has 1 aliphatic heterocycles. The Labute approximate surface area is 106 Å². The number of amides is 2. The molecule has 0 aromatic heterocycles. The third kappa shape index (κ3) is 2.91. The number of carbonyl (C=O) groups excluding carboxylic acids is 1. The first-order valence-electron chi connectivity index (χ1n) is 6.17. The minimum atomic E-state index is -0.411. The van der Waals surface area contributed by atoms with Crippen molar-refractivity contribution in [3.63, 3.8) is 0 Å². The molecule has 1 fully saturated rings. The topological polar surface area (TPSA) is 58.4 Å². The number of urea groups is 1. The summed E-state index contributed by atoms with van der Waals surface area (Å²) in [5.74, 6) is 0.0980. The molecule has 1 atom stereocenters. The van der Waals surface area contributed by atoms with E-state index in [1.165, 1.54) is 18.2 Å². The van der Waals surface area contributed by atoms with Gasteiger partial charge in [0.05, 0.1) is 11.4 Å². The predicted molar refractivity (Wildman–Crippen MR) is 69.8 cm³/mol. The van der Waals surface area contributed by atoms with Gasteiger partial charge in [0.15, 0.2) is 0 Å². The molecule has 1 aliphatic rings. The van der Waals surface area contributed by atoms with E-state index >= 15 is 0 Å². The first kappa shape index (κ1) is 12.7. The standard InChI is InChI=1S/C13H18FN3O/c1-9-3-2-6-17(8-9)13(18)16-12-7-10(14)4-5-11(12)15/h4-5,7,9H,2-3,6,8,15H2,1H3,(H,16,18). The Balaban J connectivity index is 2.04. The Kier molecular flexibility index (Phi) is 3.69. The summed E-state index contributed by atoms with van der Waals surface area (Å²) in [7, 11) is 0. The van der Waals surface area contributed by atoms with Crippen molar-refractivity contribution in [2.75, 3.05) is 24.1 Å². The Morgan fingerprint density at radius 3 is 3.06 bits per heavy atom. The van der Waals surface area contributed by atoms with E-state index in [0.717, 1.165) is 25.9 Å². The average molecular weight is 251 g/mol. The molecule has 3 N–H and O–H groups in total. The Morgan fingerprint density at radius 2 is 2.33 bits per heavy atom. The maximum Gasteiger partial charge on any atom is 0.321 e. The number of hydrogen-bond acceptors (Lipinski definition) is 2. The maximum absolute atomic E-state index is 13.1. The number of nitrogens with zero attached hydrogens (tertiary/aromatic N) is 1. The fraction of sp³-hybridized carbons (Fsp3) is 0.462. The smallest absolute Gasteiger partial charge is 0.321 e. The second-order valence-corrected chi connectivity index (χ2v) is 4.86. The van der Waals surface area contributed by atoms with Gasteiger partial charge in [0.2, 0.25) is 0 Å². The molecule has 2 amide bonds. The number of benzene rings is 1. The monoisotopic (exact) mass is 251 g/mol. The first-order chi connectivity index (χ1) is 8.56. The van der Waals surface area contributed by atoms with Crippen LogP contribution in [0.2, 0.25) is 0 Å². The van der Waals surface area contributed by atoms with Crippen molar-refractivity contribution in [1.29, 1.82) is 0 Å². The lowest BCUT2D eigenvalue weighted by Crippen LogP contribution is -2.41. The van der Waals surface area contributed by atoms with E-state index in [2.05, 4.69) is 12.2 Å². The summed E-state index contributed by atoms with van der Waals surface area (Å²) in [5, 5.41) is 2.66. The van der Waals surface area contributed by atoms with E-state index in [1.54, 1.807) is 4.90 Å². The molecule has 98 valence electrons. The number of carbonyl (C=O) groups is 1. The van der Waals surface area contributed by atoms with Crippen LogP contribution in [0.1, 0.15) is 19.8 Å². The van der Waals surface area contributed by atoms with Crippen molar-refractivity contribution in [3.8, 4) is 0 Å². The number of halogens is 1. The van der Waals surface area contributed by atoms with Gasteiger partial charge in [0, 0.05) is 13.1 Å². The highest BCUT2D eigenvalue weighted by atomic mass is 19.1. The highest BCUT2D eigenvalue weighted by Gasteiger charge is 2.21. The first-order valence-corrected chi connectivity index (χ1v) is 6.17. The number of anilines is 2. The number of nitrogens with one attached hydrogen (secondary N) is 1. The molecule has 5 heteroatoms. The van der Waals surface area contributed by atoms with Crippen molar-refractivity contribution in [2.24, 2.45) is 5.92 Å². The van der Waals surface area contributed by atoms with Gasteiger partial charge in [-0.2, -0.15) is 0 Å². The number of likely N-dealkylation sites (tertiary alicyclic amines) is 1. The third-order valence-corrected chi connectivity index (χ3v) is 3.20. The summed E-state index contributed by atoms with van der Waals surface area (Å²) in [6.45, 7) is 3.60. The second-order valence-electron chi connectivity index (χ2n) is 4.86. The van der Waals surface area contributed by atoms with Crippen LogP contribution in [-0.4, -0.2) is 24.0 Å². The second kappa shape index (κ2) is 5.25. The zero-order valence-electron chi connectivity index (χ0n) is 10.4. The summed E-state index contributed by atoms with van der Waals surface area (Å²) in [5.41, 5.74) is 6.40. The van der Waals surface area contributed by atoms with Crippen LogP contribution in [0, 0.1) is 11.7 Å². The van der Waals surface area contributed by atoms with Crippen molar-refractivity contribution in [1.82, 2.24) is 4.90 Å². The number of rotatable bonds is 1. The molecule has 1 saturated heterocycles. The van der Waals surface area contributed by atoms with Gasteiger partial charge < -0.3 is 16.0 Å². The minimum Gasteiger partial charge on any atom is -0.397 e. The Hall–Kier alpha value is -1.78. The SMILES string of the molecule is CC1CCCN(C(=O)Nc2cc(F)ccc2N)C1. The van der Waals surface area contributed by atoms with E-state index in [4.69, 9.17) is 5.73 Å². The van der Waals surface area contributed by atoms with E-state index in [9.17, 15) is 9.18 Å².